The average molecular weight is 520 g/mol. The highest BCUT2D eigenvalue weighted by Crippen LogP contribution is 2.43. The number of unbranched alkanes of at least 4 members (excludes halogenated alkanes) is 17. The van der Waals surface area contributed by atoms with Gasteiger partial charge < -0.3 is 9.79 Å². The minimum absolute atomic E-state index is 0.287. The molecule has 0 aliphatic heterocycles. The van der Waals surface area contributed by atoms with Crippen molar-refractivity contribution in [2.45, 2.75) is 156 Å². The highest BCUT2D eigenvalue weighted by atomic mass is 31.2. The minimum Gasteiger partial charge on any atom is -0.303 e. The van der Waals surface area contributed by atoms with Crippen molar-refractivity contribution in [3.8, 4) is 0 Å². The lowest BCUT2D eigenvalue weighted by molar-refractivity contribution is 0.139. The molecule has 0 amide bonds. The molecule has 0 aliphatic rings. The van der Waals surface area contributed by atoms with Gasteiger partial charge in [0.2, 0.25) is 0 Å². The third-order valence-corrected chi connectivity index (χ3v) is 7.80. The number of rotatable bonds is 29. The van der Waals surface area contributed by atoms with Crippen LogP contribution in [-0.2, 0) is 13.6 Å². The number of hydrogen-bond donors (Lipinski definition) is 1. The Balaban J connectivity index is 4.07. The van der Waals surface area contributed by atoms with Gasteiger partial charge in [-0.3, -0.25) is 9.05 Å². The van der Waals surface area contributed by atoms with Crippen molar-refractivity contribution in [1.82, 2.24) is 4.90 Å². The fourth-order valence-electron chi connectivity index (χ4n) is 4.49. The molecule has 0 aromatic carbocycles. The summed E-state index contributed by atoms with van der Waals surface area (Å²) in [5, 5.41) is 0. The van der Waals surface area contributed by atoms with Gasteiger partial charge in [-0.15, -0.1) is 0 Å². The van der Waals surface area contributed by atoms with Gasteiger partial charge in [0.15, 0.2) is 0 Å². The van der Waals surface area contributed by atoms with Crippen molar-refractivity contribution >= 4 is 7.82 Å². The maximum absolute atomic E-state index is 12.1. The van der Waals surface area contributed by atoms with E-state index in [1.807, 2.05) is 0 Å². The predicted molar refractivity (Wildman–Crippen MR) is 152 cm³/mol. The van der Waals surface area contributed by atoms with Crippen LogP contribution in [0.25, 0.3) is 0 Å². The first kappa shape index (κ1) is 35.1. The second-order valence-corrected chi connectivity index (χ2v) is 11.8. The molecule has 35 heavy (non-hydrogen) atoms. The third kappa shape index (κ3) is 26.9. The highest BCUT2D eigenvalue weighted by molar-refractivity contribution is 7.47. The fourth-order valence-corrected chi connectivity index (χ4v) is 5.28. The molecule has 5 nitrogen and oxygen atoms in total. The van der Waals surface area contributed by atoms with E-state index < -0.39 is 7.82 Å². The van der Waals surface area contributed by atoms with Gasteiger partial charge in [-0.2, -0.15) is 0 Å². The van der Waals surface area contributed by atoms with Crippen molar-refractivity contribution in [1.29, 1.82) is 0 Å². The van der Waals surface area contributed by atoms with Gasteiger partial charge in [-0.05, 0) is 38.8 Å². The van der Waals surface area contributed by atoms with E-state index in [9.17, 15) is 9.46 Å². The number of phosphoric ester groups is 1. The number of nitrogens with zero attached hydrogens (tertiary/aromatic N) is 1. The summed E-state index contributed by atoms with van der Waals surface area (Å²) < 4.78 is 22.5. The van der Waals surface area contributed by atoms with Crippen molar-refractivity contribution in [3.05, 3.63) is 0 Å². The van der Waals surface area contributed by atoms with Crippen molar-refractivity contribution in [2.75, 3.05) is 32.8 Å². The molecule has 0 heterocycles. The van der Waals surface area contributed by atoms with E-state index in [-0.39, 0.29) is 6.61 Å². The molecule has 212 valence electrons. The molecular formula is C29H62NO4P. The molecule has 1 N–H and O–H groups in total. The van der Waals surface area contributed by atoms with Gasteiger partial charge in [0.05, 0.1) is 13.2 Å². The van der Waals surface area contributed by atoms with E-state index in [2.05, 4.69) is 25.7 Å². The lowest BCUT2D eigenvalue weighted by atomic mass is 10.1. The predicted octanol–water partition coefficient (Wildman–Crippen LogP) is 9.67. The first-order valence-electron chi connectivity index (χ1n) is 15.4. The van der Waals surface area contributed by atoms with Crippen molar-refractivity contribution in [3.63, 3.8) is 0 Å². The van der Waals surface area contributed by atoms with Gasteiger partial charge >= 0.3 is 7.82 Å². The Bertz CT molecular complexity index is 446. The first-order valence-corrected chi connectivity index (χ1v) is 16.9. The summed E-state index contributed by atoms with van der Waals surface area (Å²) in [6, 6.07) is 0. The lowest BCUT2D eigenvalue weighted by Gasteiger charge is -2.22. The SMILES string of the molecule is CCCCCCCCCN(CCCCCCCCC)CCCOP(=O)(O)OCCCCCCCC. The second-order valence-electron chi connectivity index (χ2n) is 10.3. The minimum atomic E-state index is -3.91. The van der Waals surface area contributed by atoms with Crippen LogP contribution in [0.1, 0.15) is 156 Å². The molecule has 0 spiro atoms. The van der Waals surface area contributed by atoms with Gasteiger partial charge in [-0.1, -0.05) is 130 Å². The molecule has 0 aromatic rings. The van der Waals surface area contributed by atoms with Gasteiger partial charge in [0.25, 0.3) is 0 Å². The molecule has 0 aliphatic carbocycles. The fraction of sp³-hybridized carbons (Fsp3) is 1.00. The summed E-state index contributed by atoms with van der Waals surface area (Å²) in [4.78, 5) is 12.5. The van der Waals surface area contributed by atoms with Crippen molar-refractivity contribution < 1.29 is 18.5 Å². The number of hydrogen-bond acceptors (Lipinski definition) is 4. The Kier molecular flexibility index (Phi) is 27.2. The lowest BCUT2D eigenvalue weighted by Crippen LogP contribution is -2.28. The van der Waals surface area contributed by atoms with Crippen LogP contribution < -0.4 is 0 Å². The Morgan fingerprint density at radius 2 is 0.800 bits per heavy atom. The monoisotopic (exact) mass is 519 g/mol. The summed E-state index contributed by atoms with van der Waals surface area (Å²) >= 11 is 0. The molecule has 0 aromatic heterocycles. The largest absolute Gasteiger partial charge is 0.472 e. The summed E-state index contributed by atoms with van der Waals surface area (Å²) in [6.45, 7) is 10.5. The molecule has 1 unspecified atom stereocenters. The zero-order chi connectivity index (χ0) is 25.9. The van der Waals surface area contributed by atoms with E-state index in [1.165, 1.54) is 116 Å². The normalized spacial score (nSPS) is 13.5. The molecule has 0 saturated heterocycles. The van der Waals surface area contributed by atoms with Crippen LogP contribution in [0, 0.1) is 0 Å². The zero-order valence-corrected chi connectivity index (χ0v) is 24.8. The number of phosphoric acid groups is 1. The average Bonchev–Trinajstić information content (AvgIpc) is 2.84. The van der Waals surface area contributed by atoms with Crippen LogP contribution in [-0.4, -0.2) is 42.6 Å². The standard InChI is InChI=1S/C29H62NO4P/c1-4-7-10-13-16-18-21-25-30(26-22-19-17-14-11-8-5-2)27-24-29-34-35(31,32)33-28-23-20-15-12-9-6-3/h4-29H2,1-3H3,(H,31,32). The van der Waals surface area contributed by atoms with Crippen LogP contribution in [0.4, 0.5) is 0 Å². The second kappa shape index (κ2) is 27.1. The molecule has 0 radical (unpaired) electrons. The van der Waals surface area contributed by atoms with Crippen molar-refractivity contribution in [2.24, 2.45) is 0 Å². The molecular weight excluding hydrogens is 457 g/mol. The van der Waals surface area contributed by atoms with Crippen LogP contribution in [0.5, 0.6) is 0 Å². The maximum Gasteiger partial charge on any atom is 0.472 e. The van der Waals surface area contributed by atoms with E-state index in [1.54, 1.807) is 0 Å². The quantitative estimate of drug-likeness (QED) is 0.0787. The van der Waals surface area contributed by atoms with E-state index in [4.69, 9.17) is 9.05 Å². The Hall–Kier alpha value is 0.0700. The molecule has 0 fully saturated rings. The first-order chi connectivity index (χ1) is 17.1. The van der Waals surface area contributed by atoms with E-state index >= 15 is 0 Å². The Labute approximate surface area is 219 Å². The zero-order valence-electron chi connectivity index (χ0n) is 24.0. The Morgan fingerprint density at radius 1 is 0.486 bits per heavy atom. The smallest absolute Gasteiger partial charge is 0.303 e. The summed E-state index contributed by atoms with van der Waals surface area (Å²) in [5.74, 6) is 0. The van der Waals surface area contributed by atoms with Crippen LogP contribution in [0.15, 0.2) is 0 Å². The molecule has 6 heteroatoms. The summed E-state index contributed by atoms with van der Waals surface area (Å²) in [5.41, 5.74) is 0. The topological polar surface area (TPSA) is 59.0 Å². The third-order valence-electron chi connectivity index (χ3n) is 6.78. The molecule has 0 bridgehead atoms. The summed E-state index contributed by atoms with van der Waals surface area (Å²) in [7, 11) is -3.91. The van der Waals surface area contributed by atoms with E-state index in [0.29, 0.717) is 6.61 Å². The van der Waals surface area contributed by atoms with Crippen LogP contribution in [0.2, 0.25) is 0 Å². The molecule has 0 rings (SSSR count). The Morgan fingerprint density at radius 3 is 1.23 bits per heavy atom. The molecule has 0 saturated carbocycles. The summed E-state index contributed by atoms with van der Waals surface area (Å²) in [6.07, 6.45) is 26.2. The van der Waals surface area contributed by atoms with Gasteiger partial charge in [-0.25, -0.2) is 4.57 Å². The van der Waals surface area contributed by atoms with Crippen LogP contribution >= 0.6 is 7.82 Å². The van der Waals surface area contributed by atoms with Gasteiger partial charge in [0, 0.05) is 6.54 Å². The maximum atomic E-state index is 12.1. The molecule has 1 atom stereocenters. The highest BCUT2D eigenvalue weighted by Gasteiger charge is 2.20. The van der Waals surface area contributed by atoms with E-state index in [0.717, 1.165) is 38.9 Å². The van der Waals surface area contributed by atoms with Crippen LogP contribution in [0.3, 0.4) is 0 Å². The van der Waals surface area contributed by atoms with Gasteiger partial charge in [0.1, 0.15) is 0 Å².